The van der Waals surface area contributed by atoms with Crippen LogP contribution < -0.4 is 10.2 Å². The summed E-state index contributed by atoms with van der Waals surface area (Å²) in [6.07, 6.45) is 3.22. The quantitative estimate of drug-likeness (QED) is 0.602. The van der Waals surface area contributed by atoms with Gasteiger partial charge in [0, 0.05) is 49.9 Å². The van der Waals surface area contributed by atoms with E-state index in [1.54, 1.807) is 7.11 Å². The number of fused-ring (bicyclic) bond motifs is 6. The monoisotopic (exact) mass is 447 g/mol. The van der Waals surface area contributed by atoms with E-state index in [-0.39, 0.29) is 22.9 Å². The maximum Gasteiger partial charge on any atom is 0.341 e. The van der Waals surface area contributed by atoms with Crippen LogP contribution in [0.2, 0.25) is 5.02 Å². The molecule has 2 unspecified atom stereocenters. The molecule has 0 radical (unpaired) electrons. The minimum absolute atomic E-state index is 0.0128. The number of carboxylic acid groups (broad SMARTS) is 1. The van der Waals surface area contributed by atoms with E-state index >= 15 is 0 Å². The molecule has 0 bridgehead atoms. The van der Waals surface area contributed by atoms with Gasteiger partial charge in [-0.2, -0.15) is 0 Å². The summed E-state index contributed by atoms with van der Waals surface area (Å²) in [6.45, 7) is 9.45. The van der Waals surface area contributed by atoms with E-state index in [9.17, 15) is 14.7 Å². The lowest BCUT2D eigenvalue weighted by atomic mass is 9.55. The Labute approximate surface area is 187 Å². The fourth-order valence-electron chi connectivity index (χ4n) is 4.78. The average molecular weight is 448 g/mol. The Morgan fingerprint density at radius 1 is 1.26 bits per heavy atom. The molecule has 0 spiro atoms. The molecule has 1 aliphatic carbocycles. The summed E-state index contributed by atoms with van der Waals surface area (Å²) < 4.78 is 12.9. The summed E-state index contributed by atoms with van der Waals surface area (Å²) in [4.78, 5) is 23.9. The maximum absolute atomic E-state index is 12.4. The molecule has 7 heteroatoms. The van der Waals surface area contributed by atoms with Crippen molar-refractivity contribution in [1.82, 2.24) is 4.57 Å². The number of aromatic carboxylic acids is 1. The second kappa shape index (κ2) is 9.05. The molecule has 31 heavy (non-hydrogen) atoms. The Morgan fingerprint density at radius 3 is 2.58 bits per heavy atom. The number of methoxy groups -OCH3 is 1. The van der Waals surface area contributed by atoms with E-state index in [2.05, 4.69) is 13.8 Å². The Bertz CT molecular complexity index is 1040. The topological polar surface area (TPSA) is 77.8 Å². The lowest BCUT2D eigenvalue weighted by Crippen LogP contribution is -2.46. The van der Waals surface area contributed by atoms with Crippen LogP contribution in [-0.4, -0.2) is 36.0 Å². The van der Waals surface area contributed by atoms with Crippen LogP contribution in [0.1, 0.15) is 68.4 Å². The summed E-state index contributed by atoms with van der Waals surface area (Å²) in [5, 5.41) is 9.88. The number of carbonyl (C=O) groups is 1. The molecule has 2 atom stereocenters. The molecule has 1 aromatic heterocycles. The fraction of sp³-hybridized carbons (Fsp3) is 0.500. The van der Waals surface area contributed by atoms with Gasteiger partial charge in [0.15, 0.2) is 5.43 Å². The highest BCUT2D eigenvalue weighted by atomic mass is 35.5. The highest BCUT2D eigenvalue weighted by Crippen LogP contribution is 2.63. The van der Waals surface area contributed by atoms with Crippen molar-refractivity contribution in [3.05, 3.63) is 50.8 Å². The van der Waals surface area contributed by atoms with E-state index in [1.807, 2.05) is 30.5 Å². The number of benzene rings is 1. The summed E-state index contributed by atoms with van der Waals surface area (Å²) in [6, 6.07) is 5.31. The molecule has 0 saturated heterocycles. The average Bonchev–Trinajstić information content (AvgIpc) is 2.72. The summed E-state index contributed by atoms with van der Waals surface area (Å²) >= 11 is 6.48. The fourth-order valence-corrected chi connectivity index (χ4v) is 5.00. The lowest BCUT2D eigenvalue weighted by molar-refractivity contribution is 0.0442. The summed E-state index contributed by atoms with van der Waals surface area (Å²) in [7, 11) is 1.65. The van der Waals surface area contributed by atoms with Gasteiger partial charge in [0.25, 0.3) is 0 Å². The molecule has 4 rings (SSSR count). The number of hydrogen-bond donors (Lipinski definition) is 1. The number of pyridine rings is 1. The van der Waals surface area contributed by atoms with Crippen LogP contribution in [0.25, 0.3) is 11.3 Å². The molecule has 1 aliphatic heterocycles. The third-order valence-corrected chi connectivity index (χ3v) is 6.36. The predicted molar refractivity (Wildman–Crippen MR) is 122 cm³/mol. The van der Waals surface area contributed by atoms with E-state index < -0.39 is 11.4 Å². The zero-order chi connectivity index (χ0) is 22.9. The number of hydrogen-bond acceptors (Lipinski definition) is 4. The molecule has 2 aliphatic rings. The van der Waals surface area contributed by atoms with E-state index in [4.69, 9.17) is 21.1 Å². The Kier molecular flexibility index (Phi) is 6.82. The molecule has 6 nitrogen and oxygen atoms in total. The first-order chi connectivity index (χ1) is 14.7. The van der Waals surface area contributed by atoms with Gasteiger partial charge in [-0.15, -0.1) is 0 Å². The van der Waals surface area contributed by atoms with Crippen LogP contribution in [0.5, 0.6) is 5.75 Å². The van der Waals surface area contributed by atoms with Crippen molar-refractivity contribution in [2.24, 2.45) is 5.41 Å². The summed E-state index contributed by atoms with van der Waals surface area (Å²) in [5.74, 6) is -0.360. The molecule has 1 fully saturated rings. The minimum Gasteiger partial charge on any atom is -0.492 e. The largest absolute Gasteiger partial charge is 0.492 e. The Hall–Kier alpha value is -2.31. The highest BCUT2D eigenvalue weighted by Gasteiger charge is 2.52. The van der Waals surface area contributed by atoms with Crippen LogP contribution in [0.15, 0.2) is 29.2 Å². The first-order valence-corrected chi connectivity index (χ1v) is 11.1. The molecule has 2 aromatic rings. The van der Waals surface area contributed by atoms with Crippen LogP contribution in [0.4, 0.5) is 0 Å². The lowest BCUT2D eigenvalue weighted by Gasteiger charge is -2.56. The van der Waals surface area contributed by atoms with Crippen molar-refractivity contribution in [3.8, 4) is 17.0 Å². The molecule has 168 valence electrons. The van der Waals surface area contributed by atoms with Crippen LogP contribution in [0.3, 0.4) is 0 Å². The smallest absolute Gasteiger partial charge is 0.341 e. The van der Waals surface area contributed by atoms with Gasteiger partial charge in [0.05, 0.1) is 17.3 Å². The van der Waals surface area contributed by atoms with Crippen LogP contribution in [-0.2, 0) is 4.74 Å². The van der Waals surface area contributed by atoms with Crippen LogP contribution in [0, 0.1) is 5.41 Å². The van der Waals surface area contributed by atoms with Gasteiger partial charge >= 0.3 is 5.97 Å². The zero-order valence-electron chi connectivity index (χ0n) is 18.7. The van der Waals surface area contributed by atoms with Crippen molar-refractivity contribution < 1.29 is 19.4 Å². The van der Waals surface area contributed by atoms with E-state index in [1.165, 1.54) is 12.3 Å². The third kappa shape index (κ3) is 4.11. The second-order valence-corrected chi connectivity index (χ2v) is 8.86. The van der Waals surface area contributed by atoms with E-state index in [0.29, 0.717) is 29.7 Å². The van der Waals surface area contributed by atoms with Gasteiger partial charge in [-0.05, 0) is 29.5 Å². The number of carboxylic acids is 1. The maximum atomic E-state index is 12.4. The number of nitrogens with zero attached hydrogens (tertiary/aromatic N) is 1. The first kappa shape index (κ1) is 23.4. The van der Waals surface area contributed by atoms with Crippen molar-refractivity contribution in [1.29, 1.82) is 0 Å². The molecular weight excluding hydrogens is 418 g/mol. The zero-order valence-corrected chi connectivity index (χ0v) is 19.5. The standard InChI is InChI=1S/C22H24ClNO5.C2H6/c1-22(2)10-14-12-8-19(29-6-4-5-28-3)16(23)7-13(12)17-9-18(25)15(21(26)27)11-24(17)20(14)22;1-2/h7-9,11,14,20H,4-6,10H2,1-3H3,(H,26,27);1-2H3. The number of ether oxygens (including phenoxy) is 2. The van der Waals surface area contributed by atoms with Crippen molar-refractivity contribution in [2.45, 2.75) is 52.5 Å². The Balaban J connectivity index is 0.00000132. The molecular formula is C24H30ClNO5. The van der Waals surface area contributed by atoms with Crippen LogP contribution >= 0.6 is 11.6 Å². The van der Waals surface area contributed by atoms with E-state index in [0.717, 1.165) is 24.0 Å². The highest BCUT2D eigenvalue weighted by molar-refractivity contribution is 6.32. The second-order valence-electron chi connectivity index (χ2n) is 8.46. The van der Waals surface area contributed by atoms with Gasteiger partial charge < -0.3 is 19.1 Å². The SMILES string of the molecule is CC.COCCCOc1cc2c(cc1Cl)-c1cc(=O)c(C(=O)O)cn1C1C2CC1(C)C. The van der Waals surface area contributed by atoms with Gasteiger partial charge in [0.1, 0.15) is 11.3 Å². The van der Waals surface area contributed by atoms with Gasteiger partial charge in [0.2, 0.25) is 0 Å². The van der Waals surface area contributed by atoms with Crippen molar-refractivity contribution in [2.75, 3.05) is 20.3 Å². The van der Waals surface area contributed by atoms with Gasteiger partial charge in [-0.25, -0.2) is 4.79 Å². The number of rotatable bonds is 6. The van der Waals surface area contributed by atoms with Gasteiger partial charge in [-0.1, -0.05) is 39.3 Å². The molecule has 1 aromatic carbocycles. The molecule has 2 heterocycles. The minimum atomic E-state index is -1.21. The molecule has 0 amide bonds. The Morgan fingerprint density at radius 2 is 1.97 bits per heavy atom. The van der Waals surface area contributed by atoms with Crippen molar-refractivity contribution in [3.63, 3.8) is 0 Å². The number of halogens is 1. The predicted octanol–water partition coefficient (Wildman–Crippen LogP) is 5.38. The molecule has 1 saturated carbocycles. The van der Waals surface area contributed by atoms with Gasteiger partial charge in [-0.3, -0.25) is 4.79 Å². The number of aromatic nitrogens is 1. The first-order valence-electron chi connectivity index (χ1n) is 10.7. The molecule has 1 N–H and O–H groups in total. The third-order valence-electron chi connectivity index (χ3n) is 6.07. The summed E-state index contributed by atoms with van der Waals surface area (Å²) in [5.41, 5.74) is 1.95. The normalized spacial score (nSPS) is 19.7. The van der Waals surface area contributed by atoms with Crippen molar-refractivity contribution >= 4 is 17.6 Å².